The lowest BCUT2D eigenvalue weighted by atomic mass is 9.98. The molecule has 7 heteroatoms. The fourth-order valence-electron chi connectivity index (χ4n) is 3.79. The van der Waals surface area contributed by atoms with Gasteiger partial charge in [-0.3, -0.25) is 9.59 Å². The molecule has 1 aliphatic rings. The van der Waals surface area contributed by atoms with Gasteiger partial charge in [0.25, 0.3) is 11.1 Å². The Morgan fingerprint density at radius 3 is 2.21 bits per heavy atom. The molecule has 148 valence electrons. The van der Waals surface area contributed by atoms with E-state index in [0.29, 0.717) is 5.56 Å². The standard InChI is InChI=1S/C22H21N3O4/c1-3-13-9-11-14(12-10-13)18-17(22(28)29-4-2)19(23)25-21(27)16-8-6-5-7-15(16)20(26)24(18)25/h5-12,18H,3-4,23H2,1-2H3. The molecule has 0 saturated heterocycles. The minimum Gasteiger partial charge on any atom is -0.462 e. The van der Waals surface area contributed by atoms with Gasteiger partial charge >= 0.3 is 5.97 Å². The summed E-state index contributed by atoms with van der Waals surface area (Å²) < 4.78 is 7.54. The van der Waals surface area contributed by atoms with Crippen LogP contribution in [0, 0.1) is 0 Å². The number of hydrogen-bond donors (Lipinski definition) is 1. The van der Waals surface area contributed by atoms with Crippen molar-refractivity contribution in [2.24, 2.45) is 5.73 Å². The number of hydrogen-bond acceptors (Lipinski definition) is 5. The van der Waals surface area contributed by atoms with Gasteiger partial charge in [-0.2, -0.15) is 4.68 Å². The van der Waals surface area contributed by atoms with E-state index in [-0.39, 0.29) is 28.8 Å². The SMILES string of the molecule is CCOC(=O)C1=C(N)n2c(=O)c3ccccc3c(=O)n2C1c1ccc(CC)cc1. The summed E-state index contributed by atoms with van der Waals surface area (Å²) in [5.41, 5.74) is 7.28. The largest absolute Gasteiger partial charge is 0.462 e. The Bertz CT molecular complexity index is 1270. The Hall–Kier alpha value is -3.61. The molecule has 7 nitrogen and oxygen atoms in total. The average molecular weight is 391 g/mol. The lowest BCUT2D eigenvalue weighted by Crippen LogP contribution is -2.38. The van der Waals surface area contributed by atoms with Crippen molar-refractivity contribution in [1.82, 2.24) is 9.36 Å². The number of nitrogens with zero attached hydrogens (tertiary/aromatic N) is 2. The number of aryl methyl sites for hydroxylation is 1. The van der Waals surface area contributed by atoms with Crippen molar-refractivity contribution < 1.29 is 9.53 Å². The molecule has 1 atom stereocenters. The second-order valence-corrected chi connectivity index (χ2v) is 6.83. The third kappa shape index (κ3) is 2.77. The van der Waals surface area contributed by atoms with E-state index < -0.39 is 23.1 Å². The third-order valence-electron chi connectivity index (χ3n) is 5.22. The van der Waals surface area contributed by atoms with Crippen LogP contribution in [0.2, 0.25) is 0 Å². The van der Waals surface area contributed by atoms with E-state index in [9.17, 15) is 14.4 Å². The molecule has 0 spiro atoms. The second-order valence-electron chi connectivity index (χ2n) is 6.83. The highest BCUT2D eigenvalue weighted by atomic mass is 16.5. The molecular weight excluding hydrogens is 370 g/mol. The van der Waals surface area contributed by atoms with Gasteiger partial charge in [-0.05, 0) is 36.6 Å². The van der Waals surface area contributed by atoms with Gasteiger partial charge in [0.1, 0.15) is 17.4 Å². The van der Waals surface area contributed by atoms with Gasteiger partial charge in [0.15, 0.2) is 0 Å². The summed E-state index contributed by atoms with van der Waals surface area (Å²) in [6.45, 7) is 3.88. The molecular formula is C22H21N3O4. The normalized spacial score (nSPS) is 15.6. The molecule has 1 aromatic heterocycles. The molecule has 0 radical (unpaired) electrons. The van der Waals surface area contributed by atoms with Gasteiger partial charge in [0.05, 0.1) is 17.4 Å². The van der Waals surface area contributed by atoms with Crippen LogP contribution in [0.25, 0.3) is 16.6 Å². The number of rotatable bonds is 4. The molecule has 29 heavy (non-hydrogen) atoms. The van der Waals surface area contributed by atoms with Crippen molar-refractivity contribution >= 4 is 22.6 Å². The van der Waals surface area contributed by atoms with Crippen LogP contribution in [0.1, 0.15) is 31.0 Å². The molecule has 1 unspecified atom stereocenters. The maximum atomic E-state index is 13.3. The van der Waals surface area contributed by atoms with Crippen LogP contribution in [0.4, 0.5) is 0 Å². The molecule has 1 aliphatic heterocycles. The fourth-order valence-corrected chi connectivity index (χ4v) is 3.79. The molecule has 0 saturated carbocycles. The smallest absolute Gasteiger partial charge is 0.340 e. The Morgan fingerprint density at radius 1 is 1.00 bits per heavy atom. The molecule has 2 heterocycles. The van der Waals surface area contributed by atoms with Gasteiger partial charge in [-0.15, -0.1) is 0 Å². The summed E-state index contributed by atoms with van der Waals surface area (Å²) in [4.78, 5) is 39.2. The quantitative estimate of drug-likeness (QED) is 0.687. The summed E-state index contributed by atoms with van der Waals surface area (Å²) in [7, 11) is 0. The first-order chi connectivity index (χ1) is 14.0. The molecule has 0 bridgehead atoms. The molecule has 3 aromatic rings. The maximum absolute atomic E-state index is 13.3. The molecule has 2 N–H and O–H groups in total. The number of carbonyl (C=O) groups is 1. The summed E-state index contributed by atoms with van der Waals surface area (Å²) >= 11 is 0. The van der Waals surface area contributed by atoms with E-state index >= 15 is 0 Å². The lowest BCUT2D eigenvalue weighted by Gasteiger charge is -2.18. The summed E-state index contributed by atoms with van der Waals surface area (Å²) in [6, 6.07) is 13.3. The predicted octanol–water partition coefficient (Wildman–Crippen LogP) is 2.02. The maximum Gasteiger partial charge on any atom is 0.340 e. The zero-order valence-corrected chi connectivity index (χ0v) is 16.2. The Balaban J connectivity index is 2.07. The molecule has 0 fully saturated rings. The van der Waals surface area contributed by atoms with Crippen molar-refractivity contribution in [1.29, 1.82) is 0 Å². The number of benzene rings is 2. The molecule has 2 aromatic carbocycles. The number of nitrogens with two attached hydrogens (primary N) is 1. The first-order valence-electron chi connectivity index (χ1n) is 9.52. The van der Waals surface area contributed by atoms with Gasteiger partial charge in [0.2, 0.25) is 0 Å². The van der Waals surface area contributed by atoms with Crippen LogP contribution in [0.15, 0.2) is 63.7 Å². The van der Waals surface area contributed by atoms with Crippen molar-refractivity contribution in [3.8, 4) is 0 Å². The van der Waals surface area contributed by atoms with Crippen LogP contribution in [-0.2, 0) is 16.0 Å². The zero-order valence-electron chi connectivity index (χ0n) is 16.2. The lowest BCUT2D eigenvalue weighted by molar-refractivity contribution is -0.138. The van der Waals surface area contributed by atoms with Crippen LogP contribution in [0.3, 0.4) is 0 Å². The first-order valence-corrected chi connectivity index (χ1v) is 9.52. The van der Waals surface area contributed by atoms with E-state index in [4.69, 9.17) is 10.5 Å². The van der Waals surface area contributed by atoms with E-state index in [1.165, 1.54) is 4.68 Å². The van der Waals surface area contributed by atoms with E-state index in [0.717, 1.165) is 16.7 Å². The van der Waals surface area contributed by atoms with Crippen LogP contribution >= 0.6 is 0 Å². The second kappa shape index (κ2) is 7.09. The topological polar surface area (TPSA) is 96.3 Å². The Morgan fingerprint density at radius 2 is 1.62 bits per heavy atom. The van der Waals surface area contributed by atoms with E-state index in [1.54, 1.807) is 31.2 Å². The monoisotopic (exact) mass is 391 g/mol. The van der Waals surface area contributed by atoms with Crippen molar-refractivity contribution in [2.75, 3.05) is 6.61 Å². The number of ether oxygens (including phenoxy) is 1. The van der Waals surface area contributed by atoms with Crippen LogP contribution in [0.5, 0.6) is 0 Å². The minimum atomic E-state index is -0.843. The molecule has 4 rings (SSSR count). The Labute approximate surface area is 166 Å². The number of esters is 1. The van der Waals surface area contributed by atoms with Gasteiger partial charge in [-0.1, -0.05) is 43.3 Å². The van der Waals surface area contributed by atoms with Crippen LogP contribution < -0.4 is 16.9 Å². The fraction of sp³-hybridized carbons (Fsp3) is 0.227. The zero-order chi connectivity index (χ0) is 20.7. The van der Waals surface area contributed by atoms with E-state index in [1.807, 2.05) is 31.2 Å². The molecule has 0 aliphatic carbocycles. The third-order valence-corrected chi connectivity index (χ3v) is 5.22. The molecule has 0 amide bonds. The average Bonchev–Trinajstić information content (AvgIpc) is 3.05. The Kier molecular flexibility index (Phi) is 4.58. The van der Waals surface area contributed by atoms with Gasteiger partial charge in [-0.25, -0.2) is 9.48 Å². The number of aromatic nitrogens is 2. The highest BCUT2D eigenvalue weighted by Gasteiger charge is 2.38. The van der Waals surface area contributed by atoms with Crippen molar-refractivity contribution in [3.63, 3.8) is 0 Å². The summed E-state index contributed by atoms with van der Waals surface area (Å²) in [5.74, 6) is -0.727. The number of carbonyl (C=O) groups excluding carboxylic acids is 1. The van der Waals surface area contributed by atoms with Crippen molar-refractivity contribution in [3.05, 3.63) is 85.9 Å². The highest BCUT2D eigenvalue weighted by Crippen LogP contribution is 2.34. The van der Waals surface area contributed by atoms with E-state index in [2.05, 4.69) is 0 Å². The van der Waals surface area contributed by atoms with Gasteiger partial charge in [0, 0.05) is 0 Å². The summed E-state index contributed by atoms with van der Waals surface area (Å²) in [5, 5.41) is 0.531. The predicted molar refractivity (Wildman–Crippen MR) is 110 cm³/mol. The van der Waals surface area contributed by atoms with Crippen LogP contribution in [-0.4, -0.2) is 21.9 Å². The van der Waals surface area contributed by atoms with Gasteiger partial charge < -0.3 is 10.5 Å². The number of fused-ring (bicyclic) bond motifs is 2. The van der Waals surface area contributed by atoms with Crippen molar-refractivity contribution in [2.45, 2.75) is 26.3 Å². The highest BCUT2D eigenvalue weighted by molar-refractivity contribution is 5.97. The minimum absolute atomic E-state index is 0.0825. The summed E-state index contributed by atoms with van der Waals surface area (Å²) in [6.07, 6.45) is 0.855. The first kappa shape index (κ1) is 18.7.